The van der Waals surface area contributed by atoms with Crippen LogP contribution in [0.3, 0.4) is 0 Å². The summed E-state index contributed by atoms with van der Waals surface area (Å²) in [5.74, 6) is -5.62. The molecule has 0 bridgehead atoms. The first-order valence-electron chi connectivity index (χ1n) is 25.6. The van der Waals surface area contributed by atoms with Crippen LogP contribution in [0.4, 0.5) is 0 Å². The van der Waals surface area contributed by atoms with Gasteiger partial charge < -0.3 is 67.7 Å². The number of hydrogen-bond donors (Lipinski definition) is 11. The molecule has 12 unspecified atom stereocenters. The molecular formula is C50H80N8O13. The number of aliphatic hydroxyl groups excluding tert-OH is 4. The molecule has 0 radical (unpaired) electrons. The van der Waals surface area contributed by atoms with E-state index in [0.717, 1.165) is 47.8 Å². The van der Waals surface area contributed by atoms with Crippen molar-refractivity contribution in [2.24, 2.45) is 17.6 Å². The molecule has 398 valence electrons. The number of hydrogen-bond acceptors (Lipinski definition) is 13. The maximum absolute atomic E-state index is 14.3. The average molecular weight is 1000 g/mol. The van der Waals surface area contributed by atoms with Gasteiger partial charge in [0.2, 0.25) is 47.3 Å². The van der Waals surface area contributed by atoms with E-state index in [-0.39, 0.29) is 56.5 Å². The lowest BCUT2D eigenvalue weighted by atomic mass is 9.91. The van der Waals surface area contributed by atoms with E-state index in [0.29, 0.717) is 18.8 Å². The van der Waals surface area contributed by atoms with Crippen molar-refractivity contribution in [2.75, 3.05) is 19.6 Å². The summed E-state index contributed by atoms with van der Waals surface area (Å²) < 4.78 is 0. The predicted octanol–water partition coefficient (Wildman–Crippen LogP) is 0.428. The summed E-state index contributed by atoms with van der Waals surface area (Å²) in [4.78, 5) is 112. The summed E-state index contributed by atoms with van der Waals surface area (Å²) in [5.41, 5.74) is 5.59. The Labute approximate surface area is 416 Å². The van der Waals surface area contributed by atoms with Crippen LogP contribution in [0.25, 0.3) is 0 Å². The fourth-order valence-electron chi connectivity index (χ4n) is 9.69. The highest BCUT2D eigenvalue weighted by Crippen LogP contribution is 2.26. The van der Waals surface area contributed by atoms with E-state index in [9.17, 15) is 63.9 Å². The summed E-state index contributed by atoms with van der Waals surface area (Å²) in [6.45, 7) is 7.62. The minimum Gasteiger partial charge on any atom is -0.508 e. The molecule has 4 rings (SSSR count). The van der Waals surface area contributed by atoms with Gasteiger partial charge in [-0.1, -0.05) is 77.8 Å². The number of primary amides is 1. The van der Waals surface area contributed by atoms with Crippen LogP contribution in [0.15, 0.2) is 24.3 Å². The SMILES string of the molecule is CCC(C)CC(C)CCCCCCCCC(=O)NC1CCCNC(=O)C2CCCN2C(=O)C(C(O)CC(N)=O)NC(=O)C(CC(O)c2ccc(O)cc2)NC(=O)C2CC(O)CN2C(=O)C(C(C)O)NC1=O. The first kappa shape index (κ1) is 58.2. The number of amides is 8. The van der Waals surface area contributed by atoms with Crippen molar-refractivity contribution in [1.82, 2.24) is 36.4 Å². The third-order valence-corrected chi connectivity index (χ3v) is 14.0. The number of carbonyl (C=O) groups is 8. The second-order valence-corrected chi connectivity index (χ2v) is 20.0. The second kappa shape index (κ2) is 28.6. The summed E-state index contributed by atoms with van der Waals surface area (Å²) in [6.07, 6.45) is 2.06. The van der Waals surface area contributed by atoms with Gasteiger partial charge >= 0.3 is 0 Å². The summed E-state index contributed by atoms with van der Waals surface area (Å²) in [6, 6.07) is -3.84. The van der Waals surface area contributed by atoms with Crippen LogP contribution in [-0.4, -0.2) is 157 Å². The molecule has 1 aromatic rings. The predicted molar refractivity (Wildman–Crippen MR) is 260 cm³/mol. The number of benzene rings is 1. The Morgan fingerprint density at radius 1 is 0.775 bits per heavy atom. The second-order valence-electron chi connectivity index (χ2n) is 20.0. The van der Waals surface area contributed by atoms with Gasteiger partial charge in [0, 0.05) is 38.9 Å². The van der Waals surface area contributed by atoms with E-state index in [4.69, 9.17) is 5.73 Å². The molecule has 0 saturated carbocycles. The number of rotatable bonds is 20. The molecule has 12 atom stereocenters. The van der Waals surface area contributed by atoms with E-state index in [1.54, 1.807) is 0 Å². The van der Waals surface area contributed by atoms with Crippen molar-refractivity contribution in [3.05, 3.63) is 29.8 Å². The minimum atomic E-state index is -1.91. The highest BCUT2D eigenvalue weighted by molar-refractivity contribution is 5.98. The molecular weight excluding hydrogens is 921 g/mol. The molecule has 8 amide bonds. The summed E-state index contributed by atoms with van der Waals surface area (Å²) in [7, 11) is 0. The smallest absolute Gasteiger partial charge is 0.248 e. The van der Waals surface area contributed by atoms with Crippen LogP contribution in [0.2, 0.25) is 0 Å². The molecule has 0 spiro atoms. The first-order valence-corrected chi connectivity index (χ1v) is 25.6. The van der Waals surface area contributed by atoms with Crippen molar-refractivity contribution in [2.45, 2.75) is 198 Å². The molecule has 71 heavy (non-hydrogen) atoms. The van der Waals surface area contributed by atoms with Crippen LogP contribution >= 0.6 is 0 Å². The van der Waals surface area contributed by atoms with Crippen LogP contribution in [0, 0.1) is 11.8 Å². The quantitative estimate of drug-likeness (QED) is 0.0791. The standard InChI is InChI=1S/C50H80N8O13/c1-5-29(2)24-30(3)14-10-8-6-7-9-11-17-42(65)53-35-15-12-22-52-47(68)37-16-13-23-57(37)50(71)44(40(63)27-41(51)64)56-46(67)36(26-39(62)32-18-20-33(60)21-19-32)54-48(69)38-25-34(61)28-58(38)49(70)43(31(4)59)55-45(35)66/h18-21,29-31,34-40,43-44,59-63H,5-17,22-28H2,1-4H3,(H2,51,64)(H,52,68)(H,53,65)(H,54,69)(H,55,66)(H,56,67). The zero-order chi connectivity index (χ0) is 52.4. The first-order chi connectivity index (χ1) is 33.7. The van der Waals surface area contributed by atoms with Crippen LogP contribution in [0.5, 0.6) is 5.75 Å². The normalized spacial score (nSPS) is 26.3. The molecule has 0 aromatic heterocycles. The number of phenolic OH excluding ortho intramolecular Hbond substituents is 1. The summed E-state index contributed by atoms with van der Waals surface area (Å²) >= 11 is 0. The monoisotopic (exact) mass is 1000 g/mol. The Morgan fingerprint density at radius 2 is 1.42 bits per heavy atom. The molecule has 12 N–H and O–H groups in total. The maximum atomic E-state index is 14.3. The topological polar surface area (TPSA) is 330 Å². The molecule has 3 fully saturated rings. The third-order valence-electron chi connectivity index (χ3n) is 14.0. The highest BCUT2D eigenvalue weighted by Gasteiger charge is 2.46. The van der Waals surface area contributed by atoms with Crippen molar-refractivity contribution in [1.29, 1.82) is 0 Å². The van der Waals surface area contributed by atoms with Crippen LogP contribution in [-0.2, 0) is 38.4 Å². The minimum absolute atomic E-state index is 0.0245. The lowest BCUT2D eigenvalue weighted by Gasteiger charge is -2.33. The number of nitrogens with one attached hydrogen (secondary N) is 5. The molecule has 3 aliphatic heterocycles. The fourth-order valence-corrected chi connectivity index (χ4v) is 9.69. The van der Waals surface area contributed by atoms with Crippen LogP contribution < -0.4 is 32.3 Å². The van der Waals surface area contributed by atoms with Gasteiger partial charge in [-0.3, -0.25) is 38.4 Å². The Bertz CT molecular complexity index is 1960. The zero-order valence-electron chi connectivity index (χ0n) is 41.9. The zero-order valence-corrected chi connectivity index (χ0v) is 41.9. The lowest BCUT2D eigenvalue weighted by Crippen LogP contribution is -2.62. The number of nitrogens with zero attached hydrogens (tertiary/aromatic N) is 2. The molecule has 3 saturated heterocycles. The Kier molecular flexibility index (Phi) is 23.4. The number of nitrogens with two attached hydrogens (primary N) is 1. The van der Waals surface area contributed by atoms with Crippen molar-refractivity contribution in [3.8, 4) is 5.75 Å². The van der Waals surface area contributed by atoms with Gasteiger partial charge in [-0.15, -0.1) is 0 Å². The van der Waals surface area contributed by atoms with Gasteiger partial charge in [-0.25, -0.2) is 0 Å². The van der Waals surface area contributed by atoms with E-state index in [1.165, 1.54) is 50.5 Å². The van der Waals surface area contributed by atoms with E-state index in [1.807, 2.05) is 0 Å². The molecule has 21 nitrogen and oxygen atoms in total. The van der Waals surface area contributed by atoms with E-state index < -0.39 is 127 Å². The third kappa shape index (κ3) is 18.0. The number of phenols is 1. The van der Waals surface area contributed by atoms with Crippen molar-refractivity contribution < 1.29 is 63.9 Å². The molecule has 3 aliphatic rings. The number of unbranched alkanes of at least 4 members (excludes halogenated alkanes) is 5. The van der Waals surface area contributed by atoms with Crippen molar-refractivity contribution in [3.63, 3.8) is 0 Å². The number of aromatic hydroxyl groups is 1. The average Bonchev–Trinajstić information content (AvgIpc) is 3.98. The highest BCUT2D eigenvalue weighted by atomic mass is 16.3. The largest absolute Gasteiger partial charge is 0.508 e. The Hall–Kier alpha value is -5.38. The van der Waals surface area contributed by atoms with Gasteiger partial charge in [0.15, 0.2) is 0 Å². The molecule has 1 aromatic carbocycles. The molecule has 3 heterocycles. The summed E-state index contributed by atoms with van der Waals surface area (Å²) in [5, 5.41) is 67.0. The van der Waals surface area contributed by atoms with Gasteiger partial charge in [-0.2, -0.15) is 0 Å². The van der Waals surface area contributed by atoms with E-state index >= 15 is 0 Å². The number of carbonyl (C=O) groups excluding carboxylic acids is 8. The van der Waals surface area contributed by atoms with Gasteiger partial charge in [0.25, 0.3) is 0 Å². The number of fused-ring (bicyclic) bond motifs is 2. The van der Waals surface area contributed by atoms with Gasteiger partial charge in [-0.05, 0) is 75.0 Å². The van der Waals surface area contributed by atoms with Gasteiger partial charge in [0.05, 0.1) is 30.8 Å². The fraction of sp³-hybridized carbons (Fsp3) is 0.720. The molecule has 0 aliphatic carbocycles. The van der Waals surface area contributed by atoms with Gasteiger partial charge in [0.1, 0.15) is 42.0 Å². The maximum Gasteiger partial charge on any atom is 0.248 e. The Morgan fingerprint density at radius 3 is 2.08 bits per heavy atom. The van der Waals surface area contributed by atoms with Crippen LogP contribution in [0.1, 0.15) is 149 Å². The van der Waals surface area contributed by atoms with Crippen molar-refractivity contribution >= 4 is 47.3 Å². The van der Waals surface area contributed by atoms with E-state index in [2.05, 4.69) is 47.4 Å². The number of aliphatic hydroxyl groups is 4. The Balaban J connectivity index is 1.60. The lowest BCUT2D eigenvalue weighted by molar-refractivity contribution is -0.146. The molecule has 21 heteroatoms.